The van der Waals surface area contributed by atoms with E-state index in [-0.39, 0.29) is 5.57 Å². The maximum absolute atomic E-state index is 12.9. The highest BCUT2D eigenvalue weighted by Gasteiger charge is 2.32. The average molecular weight is 382 g/mol. The lowest BCUT2D eigenvalue weighted by Crippen LogP contribution is -2.46. The number of hydrogen-bond acceptors (Lipinski definition) is 5. The molecule has 4 N–H and O–H groups in total. The van der Waals surface area contributed by atoms with E-state index in [0.717, 1.165) is 17.7 Å². The molecule has 0 spiro atoms. The summed E-state index contributed by atoms with van der Waals surface area (Å²) in [5.41, 5.74) is 1.93. The molecule has 2 aromatic carbocycles. The Morgan fingerprint density at radius 1 is 1.18 bits per heavy atom. The van der Waals surface area contributed by atoms with E-state index in [1.165, 1.54) is 6.07 Å². The molecule has 0 unspecified atom stereocenters. The molecule has 9 nitrogen and oxygen atoms in total. The number of nitro groups is 1. The smallest absolute Gasteiger partial charge is 0.319 e. The van der Waals surface area contributed by atoms with Crippen LogP contribution >= 0.6 is 0 Å². The number of phenolic OH excluding ortho intramolecular Hbond substituents is 1. The summed E-state index contributed by atoms with van der Waals surface area (Å²) in [5, 5.41) is 28.7. The van der Waals surface area contributed by atoms with Crippen molar-refractivity contribution in [2.24, 2.45) is 0 Å². The molecule has 1 aliphatic rings. The maximum Gasteiger partial charge on any atom is 0.319 e. The van der Waals surface area contributed by atoms with E-state index in [0.29, 0.717) is 16.9 Å². The van der Waals surface area contributed by atoms with E-state index in [1.807, 2.05) is 19.1 Å². The Morgan fingerprint density at radius 2 is 1.86 bits per heavy atom. The van der Waals surface area contributed by atoms with Crippen LogP contribution in [0.2, 0.25) is 0 Å². The lowest BCUT2D eigenvalue weighted by molar-refractivity contribution is -0.385. The van der Waals surface area contributed by atoms with Gasteiger partial charge in [0.15, 0.2) is 5.75 Å². The molecule has 2 aromatic rings. The number of rotatable bonds is 4. The Bertz CT molecular complexity index is 998. The standard InChI is InChI=1S/C19H18N4O5/c1-10-3-6-13(7-4-10)21-18(25)16-11(2)20-19(26)22-17(16)12-5-8-15(24)14(9-12)23(27)28/h3-9,17,24H,1-2H3,(H,21,25)(H2,20,22,26)/t17-/m1/s1. The SMILES string of the molecule is CC1=C(C(=O)Nc2ccc(C)cc2)[C@@H](c2ccc(O)c([N+](=O)[O-])c2)NC(=O)N1. The number of urea groups is 1. The number of amides is 3. The Balaban J connectivity index is 1.99. The van der Waals surface area contributed by atoms with Crippen LogP contribution in [-0.2, 0) is 4.79 Å². The minimum absolute atomic E-state index is 0.208. The molecule has 0 radical (unpaired) electrons. The van der Waals surface area contributed by atoms with Gasteiger partial charge in [-0.05, 0) is 37.6 Å². The predicted octanol–water partition coefficient (Wildman–Crippen LogP) is 2.88. The van der Waals surface area contributed by atoms with Gasteiger partial charge in [0.05, 0.1) is 16.5 Å². The predicted molar refractivity (Wildman–Crippen MR) is 102 cm³/mol. The van der Waals surface area contributed by atoms with Crippen molar-refractivity contribution >= 4 is 23.3 Å². The van der Waals surface area contributed by atoms with Crippen LogP contribution in [0.3, 0.4) is 0 Å². The van der Waals surface area contributed by atoms with Crippen LogP contribution in [0.4, 0.5) is 16.2 Å². The molecule has 9 heteroatoms. The first-order valence-electron chi connectivity index (χ1n) is 8.40. The summed E-state index contributed by atoms with van der Waals surface area (Å²) in [6, 6.07) is 9.45. The van der Waals surface area contributed by atoms with Crippen LogP contribution in [-0.4, -0.2) is 22.0 Å². The number of aryl methyl sites for hydroxylation is 1. The number of aromatic hydroxyl groups is 1. The van der Waals surface area contributed by atoms with Crippen LogP contribution < -0.4 is 16.0 Å². The van der Waals surface area contributed by atoms with Gasteiger partial charge in [-0.25, -0.2) is 4.79 Å². The number of phenols is 1. The number of nitro benzene ring substituents is 1. The zero-order valence-electron chi connectivity index (χ0n) is 15.1. The molecule has 0 fully saturated rings. The number of hydrogen-bond donors (Lipinski definition) is 4. The van der Waals surface area contributed by atoms with Crippen LogP contribution in [0.1, 0.15) is 24.1 Å². The van der Waals surface area contributed by atoms with Crippen molar-refractivity contribution in [3.05, 3.63) is 75.0 Å². The van der Waals surface area contributed by atoms with Crippen molar-refractivity contribution in [1.82, 2.24) is 10.6 Å². The van der Waals surface area contributed by atoms with E-state index in [9.17, 15) is 24.8 Å². The van der Waals surface area contributed by atoms with E-state index >= 15 is 0 Å². The number of anilines is 1. The summed E-state index contributed by atoms with van der Waals surface area (Å²) in [6.07, 6.45) is 0. The van der Waals surface area contributed by atoms with Crippen molar-refractivity contribution in [1.29, 1.82) is 0 Å². The minimum Gasteiger partial charge on any atom is -0.502 e. The highest BCUT2D eigenvalue weighted by atomic mass is 16.6. The van der Waals surface area contributed by atoms with Gasteiger partial charge in [0.1, 0.15) is 0 Å². The molecule has 144 valence electrons. The summed E-state index contributed by atoms with van der Waals surface area (Å²) in [6.45, 7) is 3.50. The molecule has 3 amide bonds. The zero-order chi connectivity index (χ0) is 20.4. The molecule has 0 aliphatic carbocycles. The van der Waals surface area contributed by atoms with Gasteiger partial charge in [-0.3, -0.25) is 14.9 Å². The first-order valence-corrected chi connectivity index (χ1v) is 8.40. The summed E-state index contributed by atoms with van der Waals surface area (Å²) in [7, 11) is 0. The Morgan fingerprint density at radius 3 is 2.50 bits per heavy atom. The maximum atomic E-state index is 12.9. The molecule has 1 heterocycles. The lowest BCUT2D eigenvalue weighted by Gasteiger charge is -2.28. The largest absolute Gasteiger partial charge is 0.502 e. The van der Waals surface area contributed by atoms with Crippen LogP contribution in [0.5, 0.6) is 5.75 Å². The Hall–Kier alpha value is -3.88. The number of benzene rings is 2. The zero-order valence-corrected chi connectivity index (χ0v) is 15.1. The summed E-state index contributed by atoms with van der Waals surface area (Å²) in [4.78, 5) is 35.2. The van der Waals surface area contributed by atoms with E-state index in [4.69, 9.17) is 0 Å². The summed E-state index contributed by atoms with van der Waals surface area (Å²) >= 11 is 0. The molecule has 3 rings (SSSR count). The van der Waals surface area contributed by atoms with Crippen LogP contribution in [0.25, 0.3) is 0 Å². The van der Waals surface area contributed by atoms with Crippen LogP contribution in [0.15, 0.2) is 53.7 Å². The lowest BCUT2D eigenvalue weighted by atomic mass is 9.94. The van der Waals surface area contributed by atoms with Gasteiger partial charge >= 0.3 is 11.7 Å². The van der Waals surface area contributed by atoms with Gasteiger partial charge in [0, 0.05) is 17.5 Å². The van der Waals surface area contributed by atoms with E-state index in [2.05, 4.69) is 16.0 Å². The van der Waals surface area contributed by atoms with Gasteiger partial charge in [-0.1, -0.05) is 23.8 Å². The third-order valence-electron chi connectivity index (χ3n) is 4.35. The quantitative estimate of drug-likeness (QED) is 0.476. The molecule has 1 atom stereocenters. The van der Waals surface area contributed by atoms with Crippen LogP contribution in [0, 0.1) is 17.0 Å². The molecular formula is C19H18N4O5. The third-order valence-corrected chi connectivity index (χ3v) is 4.35. The van der Waals surface area contributed by atoms with E-state index in [1.54, 1.807) is 19.1 Å². The summed E-state index contributed by atoms with van der Waals surface area (Å²) < 4.78 is 0. The van der Waals surface area contributed by atoms with E-state index < -0.39 is 34.3 Å². The molecule has 1 aliphatic heterocycles. The van der Waals surface area contributed by atoms with Gasteiger partial charge in [-0.2, -0.15) is 0 Å². The van der Waals surface area contributed by atoms with Crippen molar-refractivity contribution in [3.8, 4) is 5.75 Å². The van der Waals surface area contributed by atoms with Crippen molar-refractivity contribution in [2.45, 2.75) is 19.9 Å². The molecule has 0 saturated heterocycles. The number of carbonyl (C=O) groups excluding carboxylic acids is 2. The molecular weight excluding hydrogens is 364 g/mol. The van der Waals surface area contributed by atoms with Gasteiger partial charge in [0.25, 0.3) is 5.91 Å². The normalized spacial score (nSPS) is 16.2. The molecule has 0 aromatic heterocycles. The molecule has 28 heavy (non-hydrogen) atoms. The average Bonchev–Trinajstić information content (AvgIpc) is 2.63. The third kappa shape index (κ3) is 3.78. The van der Waals surface area contributed by atoms with Crippen molar-refractivity contribution < 1.29 is 19.6 Å². The second-order valence-electron chi connectivity index (χ2n) is 6.40. The Kier molecular flexibility index (Phi) is 4.99. The highest BCUT2D eigenvalue weighted by Crippen LogP contribution is 2.33. The number of allylic oxidation sites excluding steroid dienone is 1. The number of nitrogens with zero attached hydrogens (tertiary/aromatic N) is 1. The number of carbonyl (C=O) groups is 2. The second-order valence-corrected chi connectivity index (χ2v) is 6.40. The van der Waals surface area contributed by atoms with Crippen molar-refractivity contribution in [3.63, 3.8) is 0 Å². The van der Waals surface area contributed by atoms with Gasteiger partial charge in [-0.15, -0.1) is 0 Å². The van der Waals surface area contributed by atoms with Gasteiger partial charge < -0.3 is 21.1 Å². The fourth-order valence-corrected chi connectivity index (χ4v) is 2.95. The minimum atomic E-state index is -0.918. The monoisotopic (exact) mass is 382 g/mol. The molecule has 0 bridgehead atoms. The van der Waals surface area contributed by atoms with Gasteiger partial charge in [0.2, 0.25) is 0 Å². The summed E-state index contributed by atoms with van der Waals surface area (Å²) in [5.74, 6) is -0.963. The van der Waals surface area contributed by atoms with Crippen molar-refractivity contribution in [2.75, 3.05) is 5.32 Å². The number of nitrogens with one attached hydrogen (secondary N) is 3. The topological polar surface area (TPSA) is 134 Å². The fourth-order valence-electron chi connectivity index (χ4n) is 2.95. The highest BCUT2D eigenvalue weighted by molar-refractivity contribution is 6.06. The second kappa shape index (κ2) is 7.39. The Labute approximate surface area is 160 Å². The first kappa shape index (κ1) is 18.9. The fraction of sp³-hybridized carbons (Fsp3) is 0.158. The first-order chi connectivity index (χ1) is 13.3. The molecule has 0 saturated carbocycles.